The molecule has 0 aliphatic carbocycles. The highest BCUT2D eigenvalue weighted by molar-refractivity contribution is 5.76. The van der Waals surface area contributed by atoms with Gasteiger partial charge in [-0.3, -0.25) is 9.59 Å². The molecule has 0 fully saturated rings. The maximum Gasteiger partial charge on any atom is 0.305 e. The van der Waals surface area contributed by atoms with Crippen molar-refractivity contribution in [3.05, 3.63) is 60.8 Å². The first-order chi connectivity index (χ1) is 41.5. The van der Waals surface area contributed by atoms with Crippen molar-refractivity contribution in [3.8, 4) is 0 Å². The Morgan fingerprint density at radius 1 is 0.333 bits per heavy atom. The smallest absolute Gasteiger partial charge is 0.305 e. The molecule has 0 aliphatic rings. The number of esters is 1. The van der Waals surface area contributed by atoms with Gasteiger partial charge in [0.1, 0.15) is 0 Å². The topological polar surface area (TPSA) is 95.9 Å². The van der Waals surface area contributed by atoms with Crippen LogP contribution in [0.2, 0.25) is 0 Å². The Morgan fingerprint density at radius 3 is 0.929 bits per heavy atom. The number of carbonyl (C=O) groups is 2. The second-order valence-electron chi connectivity index (χ2n) is 25.6. The number of hydrogen-bond donors (Lipinski definition) is 3. The molecule has 1 amide bonds. The molecule has 2 unspecified atom stereocenters. The summed E-state index contributed by atoms with van der Waals surface area (Å²) in [5.41, 5.74) is 0. The summed E-state index contributed by atoms with van der Waals surface area (Å²) in [6.07, 6.45) is 97.4. The van der Waals surface area contributed by atoms with Crippen LogP contribution in [0.4, 0.5) is 0 Å². The summed E-state index contributed by atoms with van der Waals surface area (Å²) in [4.78, 5) is 24.6. The molecule has 0 saturated heterocycles. The molecule has 492 valence electrons. The van der Waals surface area contributed by atoms with Gasteiger partial charge in [-0.1, -0.05) is 351 Å². The van der Waals surface area contributed by atoms with Gasteiger partial charge in [0.05, 0.1) is 25.4 Å². The number of hydrogen-bond acceptors (Lipinski definition) is 5. The number of ether oxygens (including phenoxy) is 1. The Hall–Kier alpha value is -2.44. The van der Waals surface area contributed by atoms with Crippen LogP contribution in [0.1, 0.15) is 399 Å². The summed E-state index contributed by atoms with van der Waals surface area (Å²) in [7, 11) is 0. The van der Waals surface area contributed by atoms with E-state index in [1.807, 2.05) is 6.08 Å². The van der Waals surface area contributed by atoms with E-state index < -0.39 is 12.1 Å². The van der Waals surface area contributed by atoms with Crippen molar-refractivity contribution in [1.29, 1.82) is 0 Å². The number of aliphatic hydroxyl groups is 2. The summed E-state index contributed by atoms with van der Waals surface area (Å²) < 4.78 is 5.50. The highest BCUT2D eigenvalue weighted by atomic mass is 16.5. The third-order valence-electron chi connectivity index (χ3n) is 17.3. The van der Waals surface area contributed by atoms with Crippen molar-refractivity contribution < 1.29 is 24.5 Å². The normalized spacial score (nSPS) is 12.9. The van der Waals surface area contributed by atoms with E-state index in [1.54, 1.807) is 6.08 Å². The monoisotopic (exact) mass is 1180 g/mol. The maximum absolute atomic E-state index is 12.5. The lowest BCUT2D eigenvalue weighted by Gasteiger charge is -2.20. The van der Waals surface area contributed by atoms with Crippen molar-refractivity contribution in [2.24, 2.45) is 0 Å². The molecule has 0 radical (unpaired) electrons. The van der Waals surface area contributed by atoms with E-state index in [4.69, 9.17) is 4.74 Å². The number of allylic oxidation sites excluding steroid dienone is 9. The molecular formula is C78H145NO5. The average molecular weight is 1180 g/mol. The van der Waals surface area contributed by atoms with E-state index in [1.165, 1.54) is 315 Å². The van der Waals surface area contributed by atoms with Crippen LogP contribution in [-0.4, -0.2) is 47.4 Å². The number of amides is 1. The summed E-state index contributed by atoms with van der Waals surface area (Å²) in [5.74, 6) is -0.0582. The molecule has 6 heteroatoms. The van der Waals surface area contributed by atoms with E-state index >= 15 is 0 Å². The number of unbranched alkanes of at least 4 members (excludes halogenated alkanes) is 51. The van der Waals surface area contributed by atoms with E-state index in [-0.39, 0.29) is 18.5 Å². The first kappa shape index (κ1) is 81.6. The summed E-state index contributed by atoms with van der Waals surface area (Å²) >= 11 is 0. The number of nitrogens with one attached hydrogen (secondary N) is 1. The van der Waals surface area contributed by atoms with Crippen LogP contribution in [0.15, 0.2) is 60.8 Å². The molecule has 0 aromatic heterocycles. The quantitative estimate of drug-likeness (QED) is 0.0320. The van der Waals surface area contributed by atoms with Crippen LogP contribution in [0.5, 0.6) is 0 Å². The van der Waals surface area contributed by atoms with Crippen LogP contribution in [-0.2, 0) is 14.3 Å². The van der Waals surface area contributed by atoms with Crippen molar-refractivity contribution >= 4 is 11.9 Å². The van der Waals surface area contributed by atoms with E-state index in [0.717, 1.165) is 57.8 Å². The Bertz CT molecular complexity index is 1450. The highest BCUT2D eigenvalue weighted by Crippen LogP contribution is 2.18. The van der Waals surface area contributed by atoms with Crippen molar-refractivity contribution in [2.75, 3.05) is 13.2 Å². The lowest BCUT2D eigenvalue weighted by Crippen LogP contribution is -2.45. The van der Waals surface area contributed by atoms with Crippen LogP contribution in [0.3, 0.4) is 0 Å². The van der Waals surface area contributed by atoms with Crippen LogP contribution in [0, 0.1) is 0 Å². The van der Waals surface area contributed by atoms with E-state index in [0.29, 0.717) is 19.4 Å². The molecule has 2 atom stereocenters. The third kappa shape index (κ3) is 68.7. The number of carbonyl (C=O) groups excluding carboxylic acids is 2. The first-order valence-electron chi connectivity index (χ1n) is 37.6. The number of aliphatic hydroxyl groups excluding tert-OH is 2. The Labute approximate surface area is 524 Å². The standard InChI is InChI=1S/C78H145NO5/c1-3-5-7-9-11-13-15-17-19-21-34-38-42-46-50-54-58-62-66-70-76(81)75(74-80)79-77(82)71-67-63-59-55-51-47-43-39-36-32-30-28-26-24-23-25-27-29-31-33-37-41-45-49-53-57-61-65-69-73-84-78(83)72-68-64-60-56-52-48-44-40-35-22-20-18-16-14-12-10-8-6-4-2/h12,14,18,20,23,25,29,31,66,70,75-76,80-81H,3-11,13,15-17,19,21-22,24,26-28,30,32-65,67-69,71-74H2,1-2H3,(H,79,82)/b14-12-,20-18-,25-23-,31-29-,70-66+. The zero-order valence-corrected chi connectivity index (χ0v) is 56.4. The lowest BCUT2D eigenvalue weighted by atomic mass is 10.0. The van der Waals surface area contributed by atoms with Crippen LogP contribution < -0.4 is 5.32 Å². The molecule has 0 spiro atoms. The second kappa shape index (κ2) is 73.0. The van der Waals surface area contributed by atoms with Crippen LogP contribution >= 0.6 is 0 Å². The van der Waals surface area contributed by atoms with Gasteiger partial charge in [0.25, 0.3) is 0 Å². The van der Waals surface area contributed by atoms with E-state index in [9.17, 15) is 19.8 Å². The molecule has 84 heavy (non-hydrogen) atoms. The van der Waals surface area contributed by atoms with Gasteiger partial charge in [0.2, 0.25) is 5.91 Å². The fraction of sp³-hybridized carbons (Fsp3) is 0.846. The van der Waals surface area contributed by atoms with Gasteiger partial charge in [0, 0.05) is 12.8 Å². The third-order valence-corrected chi connectivity index (χ3v) is 17.3. The van der Waals surface area contributed by atoms with E-state index in [2.05, 4.69) is 67.8 Å². The van der Waals surface area contributed by atoms with Crippen molar-refractivity contribution in [2.45, 2.75) is 411 Å². The van der Waals surface area contributed by atoms with Gasteiger partial charge in [-0.2, -0.15) is 0 Å². The Balaban J connectivity index is 3.42. The number of rotatable bonds is 70. The van der Waals surface area contributed by atoms with Gasteiger partial charge < -0.3 is 20.3 Å². The molecule has 0 saturated carbocycles. The molecule has 6 nitrogen and oxygen atoms in total. The zero-order valence-electron chi connectivity index (χ0n) is 56.4. The summed E-state index contributed by atoms with van der Waals surface area (Å²) in [6, 6.07) is -0.631. The van der Waals surface area contributed by atoms with Crippen LogP contribution in [0.25, 0.3) is 0 Å². The SMILES string of the molecule is CCCCC/C=C\C/C=C\CCCCCCCCCCCC(=O)OCCCCCCCCCCC/C=C\C/C=C\CCCCCCCCCCCCCCCC(=O)NC(CO)C(O)/C=C/CCCCCCCCCCCCCCCCCCC. The van der Waals surface area contributed by atoms with Gasteiger partial charge >= 0.3 is 5.97 Å². The Morgan fingerprint density at radius 2 is 0.595 bits per heavy atom. The minimum Gasteiger partial charge on any atom is -0.466 e. The highest BCUT2D eigenvalue weighted by Gasteiger charge is 2.18. The molecule has 3 N–H and O–H groups in total. The maximum atomic E-state index is 12.5. The van der Waals surface area contributed by atoms with Gasteiger partial charge in [-0.05, 0) is 96.3 Å². The predicted octanol–water partition coefficient (Wildman–Crippen LogP) is 24.6. The molecule has 0 aromatic rings. The zero-order chi connectivity index (χ0) is 60.6. The van der Waals surface area contributed by atoms with Gasteiger partial charge in [-0.25, -0.2) is 0 Å². The van der Waals surface area contributed by atoms with Crippen molar-refractivity contribution in [3.63, 3.8) is 0 Å². The minimum absolute atomic E-state index is 0.00802. The average Bonchev–Trinajstić information content (AvgIpc) is 3.51. The fourth-order valence-corrected chi connectivity index (χ4v) is 11.5. The minimum atomic E-state index is -0.847. The van der Waals surface area contributed by atoms with Gasteiger partial charge in [-0.15, -0.1) is 0 Å². The molecule has 0 bridgehead atoms. The van der Waals surface area contributed by atoms with Gasteiger partial charge in [0.15, 0.2) is 0 Å². The Kier molecular flexibility index (Phi) is 70.9. The first-order valence-corrected chi connectivity index (χ1v) is 37.6. The molecule has 0 aromatic carbocycles. The fourth-order valence-electron chi connectivity index (χ4n) is 11.5. The summed E-state index contributed by atoms with van der Waals surface area (Å²) in [5, 5.41) is 23.2. The second-order valence-corrected chi connectivity index (χ2v) is 25.6. The largest absolute Gasteiger partial charge is 0.466 e. The predicted molar refractivity (Wildman–Crippen MR) is 370 cm³/mol. The summed E-state index contributed by atoms with van der Waals surface area (Å²) in [6.45, 7) is 4.90. The molecule has 0 aliphatic heterocycles. The molecular weight excluding hydrogens is 1030 g/mol. The molecule has 0 heterocycles. The lowest BCUT2D eigenvalue weighted by molar-refractivity contribution is -0.143. The molecule has 0 rings (SSSR count). The van der Waals surface area contributed by atoms with Crippen molar-refractivity contribution in [1.82, 2.24) is 5.32 Å².